The quantitative estimate of drug-likeness (QED) is 0.646. The summed E-state index contributed by atoms with van der Waals surface area (Å²) in [6.07, 6.45) is 0. The number of amides is 3. The van der Waals surface area contributed by atoms with Crippen LogP contribution in [0.3, 0.4) is 0 Å². The Morgan fingerprint density at radius 3 is 2.37 bits per heavy atom. The number of urea groups is 1. The van der Waals surface area contributed by atoms with Crippen LogP contribution in [-0.2, 0) is 16.9 Å². The third-order valence-electron chi connectivity index (χ3n) is 5.50. The first kappa shape index (κ1) is 19.8. The zero-order valence-electron chi connectivity index (χ0n) is 17.5. The number of hydrogen-bond donors (Lipinski definition) is 1. The van der Waals surface area contributed by atoms with E-state index in [1.807, 2.05) is 55.5 Å². The second-order valence-electron chi connectivity index (χ2n) is 8.10. The van der Waals surface area contributed by atoms with Crippen LogP contribution in [0.15, 0.2) is 53.1 Å². The van der Waals surface area contributed by atoms with Crippen molar-refractivity contribution in [3.63, 3.8) is 0 Å². The molecule has 1 fully saturated rings. The number of rotatable bonds is 5. The standard InChI is InChI=1S/C23H24N4O3/c1-14(2)16-9-11-18(12-10-16)23(4)21(28)27(22(29)25-23)13-19-24-20(30-26-19)17-7-5-15(3)6-8-17/h5-12,14H,13H2,1-4H3,(H,25,29). The fourth-order valence-corrected chi connectivity index (χ4v) is 3.51. The van der Waals surface area contributed by atoms with Crippen molar-refractivity contribution in [2.75, 3.05) is 0 Å². The maximum Gasteiger partial charge on any atom is 0.325 e. The third-order valence-corrected chi connectivity index (χ3v) is 5.50. The van der Waals surface area contributed by atoms with Crippen LogP contribution in [0, 0.1) is 6.92 Å². The van der Waals surface area contributed by atoms with Gasteiger partial charge in [0.15, 0.2) is 5.82 Å². The molecule has 3 amide bonds. The number of nitrogens with zero attached hydrogens (tertiary/aromatic N) is 3. The molecule has 0 spiro atoms. The summed E-state index contributed by atoms with van der Waals surface area (Å²) in [6, 6.07) is 15.0. The lowest BCUT2D eigenvalue weighted by Gasteiger charge is -2.22. The Morgan fingerprint density at radius 1 is 1.07 bits per heavy atom. The molecular weight excluding hydrogens is 380 g/mol. The van der Waals surface area contributed by atoms with Gasteiger partial charge in [-0.3, -0.25) is 9.69 Å². The van der Waals surface area contributed by atoms with Crippen molar-refractivity contribution in [2.45, 2.75) is 45.7 Å². The van der Waals surface area contributed by atoms with Crippen LogP contribution in [-0.4, -0.2) is 27.0 Å². The largest absolute Gasteiger partial charge is 0.334 e. The molecule has 1 unspecified atom stereocenters. The molecule has 0 bridgehead atoms. The number of nitrogens with one attached hydrogen (secondary N) is 1. The Labute approximate surface area is 175 Å². The summed E-state index contributed by atoms with van der Waals surface area (Å²) < 4.78 is 5.31. The van der Waals surface area contributed by atoms with Crippen LogP contribution < -0.4 is 5.32 Å². The molecule has 1 aliphatic rings. The fraction of sp³-hybridized carbons (Fsp3) is 0.304. The average Bonchev–Trinajstić information content (AvgIpc) is 3.28. The molecule has 2 aromatic carbocycles. The maximum absolute atomic E-state index is 13.1. The summed E-state index contributed by atoms with van der Waals surface area (Å²) in [6.45, 7) is 7.87. The lowest BCUT2D eigenvalue weighted by molar-refractivity contribution is -0.131. The normalized spacial score (nSPS) is 18.9. The molecule has 1 N–H and O–H groups in total. The van der Waals surface area contributed by atoms with E-state index in [0.29, 0.717) is 11.8 Å². The van der Waals surface area contributed by atoms with E-state index < -0.39 is 11.6 Å². The monoisotopic (exact) mass is 404 g/mol. The van der Waals surface area contributed by atoms with Crippen molar-refractivity contribution in [3.05, 3.63) is 71.0 Å². The first-order valence-electron chi connectivity index (χ1n) is 9.92. The highest BCUT2D eigenvalue weighted by molar-refractivity contribution is 6.07. The molecule has 7 nitrogen and oxygen atoms in total. The topological polar surface area (TPSA) is 88.3 Å². The van der Waals surface area contributed by atoms with Crippen molar-refractivity contribution in [2.24, 2.45) is 0 Å². The van der Waals surface area contributed by atoms with Gasteiger partial charge < -0.3 is 9.84 Å². The second kappa shape index (κ2) is 7.40. The van der Waals surface area contributed by atoms with Crippen molar-refractivity contribution < 1.29 is 14.1 Å². The number of carbonyl (C=O) groups is 2. The summed E-state index contributed by atoms with van der Waals surface area (Å²) >= 11 is 0. The molecule has 154 valence electrons. The number of aromatic nitrogens is 2. The average molecular weight is 404 g/mol. The van der Waals surface area contributed by atoms with E-state index >= 15 is 0 Å². The Bertz CT molecular complexity index is 1090. The number of hydrogen-bond acceptors (Lipinski definition) is 5. The molecule has 4 rings (SSSR count). The zero-order valence-corrected chi connectivity index (χ0v) is 17.5. The van der Waals surface area contributed by atoms with Gasteiger partial charge in [-0.15, -0.1) is 0 Å². The van der Waals surface area contributed by atoms with Gasteiger partial charge >= 0.3 is 6.03 Å². The van der Waals surface area contributed by atoms with Crippen LogP contribution in [0.4, 0.5) is 4.79 Å². The van der Waals surface area contributed by atoms with E-state index in [-0.39, 0.29) is 18.3 Å². The van der Waals surface area contributed by atoms with Crippen molar-refractivity contribution >= 4 is 11.9 Å². The number of benzene rings is 2. The Hall–Kier alpha value is -3.48. The highest BCUT2D eigenvalue weighted by Gasteiger charge is 2.49. The van der Waals surface area contributed by atoms with Gasteiger partial charge in [0.2, 0.25) is 0 Å². The van der Waals surface area contributed by atoms with Crippen LogP contribution in [0.5, 0.6) is 0 Å². The van der Waals surface area contributed by atoms with Crippen LogP contribution >= 0.6 is 0 Å². The third kappa shape index (κ3) is 3.47. The summed E-state index contributed by atoms with van der Waals surface area (Å²) in [5.41, 5.74) is 2.69. The van der Waals surface area contributed by atoms with Gasteiger partial charge in [-0.2, -0.15) is 4.98 Å². The molecule has 30 heavy (non-hydrogen) atoms. The predicted molar refractivity (Wildman–Crippen MR) is 111 cm³/mol. The summed E-state index contributed by atoms with van der Waals surface area (Å²) in [7, 11) is 0. The first-order valence-corrected chi connectivity index (χ1v) is 9.92. The predicted octanol–water partition coefficient (Wildman–Crippen LogP) is 4.14. The Kier molecular flexibility index (Phi) is 4.89. The molecule has 3 aromatic rings. The lowest BCUT2D eigenvalue weighted by atomic mass is 9.90. The summed E-state index contributed by atoms with van der Waals surface area (Å²) in [4.78, 5) is 31.2. The Balaban J connectivity index is 1.54. The zero-order chi connectivity index (χ0) is 21.5. The van der Waals surface area contributed by atoms with Gasteiger partial charge in [0.25, 0.3) is 11.8 Å². The molecule has 0 radical (unpaired) electrons. The lowest BCUT2D eigenvalue weighted by Crippen LogP contribution is -2.40. The molecule has 1 atom stereocenters. The minimum Gasteiger partial charge on any atom is -0.334 e. The van der Waals surface area contributed by atoms with Gasteiger partial charge in [0.1, 0.15) is 5.54 Å². The van der Waals surface area contributed by atoms with Crippen LogP contribution in [0.25, 0.3) is 11.5 Å². The first-order chi connectivity index (χ1) is 14.3. The smallest absolute Gasteiger partial charge is 0.325 e. The van der Waals surface area contributed by atoms with Gasteiger partial charge in [0.05, 0.1) is 6.54 Å². The summed E-state index contributed by atoms with van der Waals surface area (Å²) in [5, 5.41) is 6.75. The fourth-order valence-electron chi connectivity index (χ4n) is 3.51. The number of aryl methyl sites for hydroxylation is 1. The molecule has 7 heteroatoms. The minimum atomic E-state index is -1.13. The van der Waals surface area contributed by atoms with Crippen LogP contribution in [0.1, 0.15) is 49.2 Å². The van der Waals surface area contributed by atoms with E-state index in [0.717, 1.165) is 21.6 Å². The molecule has 2 heterocycles. The van der Waals surface area contributed by atoms with Gasteiger partial charge in [-0.05, 0) is 43.0 Å². The molecular formula is C23H24N4O3. The SMILES string of the molecule is Cc1ccc(-c2nc(CN3C(=O)NC(C)(c4ccc(C(C)C)cc4)C3=O)no2)cc1. The minimum absolute atomic E-state index is 0.0559. The van der Waals surface area contributed by atoms with E-state index in [1.54, 1.807) is 6.92 Å². The maximum atomic E-state index is 13.1. The number of imide groups is 1. The van der Waals surface area contributed by atoms with Crippen molar-refractivity contribution in [3.8, 4) is 11.5 Å². The second-order valence-corrected chi connectivity index (χ2v) is 8.10. The van der Waals surface area contributed by atoms with Crippen molar-refractivity contribution in [1.29, 1.82) is 0 Å². The van der Waals surface area contributed by atoms with E-state index in [1.165, 1.54) is 5.56 Å². The van der Waals surface area contributed by atoms with Crippen molar-refractivity contribution in [1.82, 2.24) is 20.4 Å². The summed E-state index contributed by atoms with van der Waals surface area (Å²) in [5.74, 6) is 0.669. The van der Waals surface area contributed by atoms with E-state index in [4.69, 9.17) is 4.52 Å². The van der Waals surface area contributed by atoms with E-state index in [9.17, 15) is 9.59 Å². The molecule has 1 aromatic heterocycles. The van der Waals surface area contributed by atoms with Gasteiger partial charge in [0, 0.05) is 5.56 Å². The van der Waals surface area contributed by atoms with Crippen LogP contribution in [0.2, 0.25) is 0 Å². The van der Waals surface area contributed by atoms with Gasteiger partial charge in [-0.1, -0.05) is 61.0 Å². The molecule has 1 aliphatic heterocycles. The van der Waals surface area contributed by atoms with Gasteiger partial charge in [-0.25, -0.2) is 4.79 Å². The molecule has 0 saturated carbocycles. The number of carbonyl (C=O) groups excluding carboxylic acids is 2. The Morgan fingerprint density at radius 2 is 1.73 bits per heavy atom. The van der Waals surface area contributed by atoms with E-state index in [2.05, 4.69) is 29.3 Å². The molecule has 1 saturated heterocycles. The molecule has 0 aliphatic carbocycles. The highest BCUT2D eigenvalue weighted by Crippen LogP contribution is 2.31. The highest BCUT2D eigenvalue weighted by atomic mass is 16.5.